The number of hydrogen-bond acceptors (Lipinski definition) is 5. The van der Waals surface area contributed by atoms with Crippen LogP contribution in [0.15, 0.2) is 39.6 Å². The molecule has 126 valence electrons. The summed E-state index contributed by atoms with van der Waals surface area (Å²) in [5.41, 5.74) is 1.85. The van der Waals surface area contributed by atoms with Crippen molar-refractivity contribution in [3.05, 3.63) is 49.0 Å². The zero-order valence-corrected chi connectivity index (χ0v) is 16.6. The summed E-state index contributed by atoms with van der Waals surface area (Å²) < 4.78 is 14.5. The van der Waals surface area contributed by atoms with Gasteiger partial charge in [0.1, 0.15) is 11.9 Å². The number of allylic oxidation sites excluding steroid dienone is 2. The van der Waals surface area contributed by atoms with E-state index in [1.54, 1.807) is 6.07 Å². The maximum Gasteiger partial charge on any atom is 0.124 e. The van der Waals surface area contributed by atoms with E-state index in [4.69, 9.17) is 10.8 Å². The lowest BCUT2D eigenvalue weighted by molar-refractivity contribution is 0.627. The van der Waals surface area contributed by atoms with E-state index >= 15 is 0 Å². The summed E-state index contributed by atoms with van der Waals surface area (Å²) >= 11 is 5.36. The molecule has 1 aromatic rings. The molecule has 0 aliphatic carbocycles. The molecule has 0 fully saturated rings. The molecule has 0 aromatic heterocycles. The predicted octanol–water partition coefficient (Wildman–Crippen LogP) is 4.53. The van der Waals surface area contributed by atoms with Crippen LogP contribution in [0.25, 0.3) is 0 Å². The first-order valence-corrected chi connectivity index (χ1v) is 8.82. The fourth-order valence-corrected chi connectivity index (χ4v) is 2.95. The van der Waals surface area contributed by atoms with Crippen LogP contribution in [0.5, 0.6) is 0 Å². The summed E-state index contributed by atoms with van der Waals surface area (Å²) in [5, 5.41) is 30.4. The Morgan fingerprint density at radius 3 is 2.62 bits per heavy atom. The second-order valence-corrected chi connectivity index (χ2v) is 6.54. The summed E-state index contributed by atoms with van der Waals surface area (Å²) in [6, 6.07) is 6.23. The van der Waals surface area contributed by atoms with E-state index in [0.717, 1.165) is 6.21 Å². The Kier molecular flexibility index (Phi) is 8.63. The molecule has 0 spiro atoms. The lowest BCUT2D eigenvalue weighted by Gasteiger charge is -2.15. The molecule has 0 amide bonds. The number of halogens is 3. The van der Waals surface area contributed by atoms with Crippen molar-refractivity contribution in [2.75, 3.05) is 11.9 Å². The first-order chi connectivity index (χ1) is 11.5. The van der Waals surface area contributed by atoms with Gasteiger partial charge in [-0.1, -0.05) is 0 Å². The Morgan fingerprint density at radius 1 is 1.42 bits per heavy atom. The third kappa shape index (κ3) is 5.72. The lowest BCUT2D eigenvalue weighted by Crippen LogP contribution is -2.13. The summed E-state index contributed by atoms with van der Waals surface area (Å²) in [6.07, 6.45) is 2.38. The van der Waals surface area contributed by atoms with Gasteiger partial charge in [-0.15, -0.1) is 0 Å². The van der Waals surface area contributed by atoms with Gasteiger partial charge in [-0.2, -0.15) is 5.26 Å². The Balaban J connectivity index is 3.27. The van der Waals surface area contributed by atoms with Gasteiger partial charge in [0.25, 0.3) is 0 Å². The summed E-state index contributed by atoms with van der Waals surface area (Å²) in [7, 11) is 0. The largest absolute Gasteiger partial charge is 0.379 e. The Hall–Kier alpha value is -1.73. The molecular formula is C16H16BrFIN5. The minimum atomic E-state index is -0.349. The van der Waals surface area contributed by atoms with Gasteiger partial charge in [-0.05, 0) is 63.6 Å². The summed E-state index contributed by atoms with van der Waals surface area (Å²) in [6.45, 7) is 2.60. The van der Waals surface area contributed by atoms with Gasteiger partial charge in [-0.3, -0.25) is 0 Å². The van der Waals surface area contributed by atoms with Crippen molar-refractivity contribution in [3.8, 4) is 6.07 Å². The van der Waals surface area contributed by atoms with E-state index in [9.17, 15) is 9.65 Å². The Bertz CT molecular complexity index is 736. The SMILES string of the molecule is CCN/C(Br)=C(\C=N)C/C(Nc1ccc(F)cc1I)=C(\C#N)C=N. The van der Waals surface area contributed by atoms with Crippen molar-refractivity contribution in [3.63, 3.8) is 0 Å². The van der Waals surface area contributed by atoms with Gasteiger partial charge in [0.05, 0.1) is 15.9 Å². The molecule has 0 atom stereocenters. The number of nitrogens with one attached hydrogen (secondary N) is 4. The van der Waals surface area contributed by atoms with E-state index in [-0.39, 0.29) is 17.8 Å². The van der Waals surface area contributed by atoms with Gasteiger partial charge in [0.2, 0.25) is 0 Å². The molecule has 0 aliphatic rings. The zero-order valence-electron chi connectivity index (χ0n) is 12.9. The van der Waals surface area contributed by atoms with E-state index in [0.29, 0.717) is 31.7 Å². The zero-order chi connectivity index (χ0) is 18.1. The third-order valence-electron chi connectivity index (χ3n) is 2.96. The van der Waals surface area contributed by atoms with Crippen LogP contribution >= 0.6 is 38.5 Å². The molecule has 8 heteroatoms. The van der Waals surface area contributed by atoms with Crippen LogP contribution in [0.4, 0.5) is 10.1 Å². The monoisotopic (exact) mass is 503 g/mol. The molecule has 0 aliphatic heterocycles. The summed E-state index contributed by atoms with van der Waals surface area (Å²) in [4.78, 5) is 0. The molecule has 0 heterocycles. The fraction of sp³-hybridized carbons (Fsp3) is 0.188. The smallest absolute Gasteiger partial charge is 0.124 e. The first kappa shape index (κ1) is 20.3. The van der Waals surface area contributed by atoms with Crippen molar-refractivity contribution >= 4 is 56.6 Å². The van der Waals surface area contributed by atoms with E-state index in [1.807, 2.05) is 35.6 Å². The van der Waals surface area contributed by atoms with Crippen LogP contribution < -0.4 is 10.6 Å². The molecular weight excluding hydrogens is 488 g/mol. The minimum absolute atomic E-state index is 0.145. The molecule has 0 saturated carbocycles. The van der Waals surface area contributed by atoms with Crippen LogP contribution in [0, 0.1) is 31.5 Å². The molecule has 1 aromatic carbocycles. The third-order valence-corrected chi connectivity index (χ3v) is 4.64. The maximum atomic E-state index is 13.2. The number of nitrogens with zero attached hydrogens (tertiary/aromatic N) is 1. The van der Waals surface area contributed by atoms with Gasteiger partial charge >= 0.3 is 0 Å². The van der Waals surface area contributed by atoms with E-state index in [1.165, 1.54) is 18.3 Å². The number of anilines is 1. The molecule has 4 N–H and O–H groups in total. The molecule has 1 rings (SSSR count). The van der Waals surface area contributed by atoms with Gasteiger partial charge in [0, 0.05) is 40.2 Å². The van der Waals surface area contributed by atoms with Crippen molar-refractivity contribution < 1.29 is 4.39 Å². The highest BCUT2D eigenvalue weighted by atomic mass is 127. The minimum Gasteiger partial charge on any atom is -0.379 e. The standard InChI is InChI=1S/C16H16BrFIN5/c1-2-23-16(17)10(7-20)5-15(11(8-21)9-22)24-14-4-3-12(18)6-13(14)19/h3-4,6-8,20-21,23-24H,2,5H2,1H3/b15-11+,16-10-,20-7?,21-8?. The molecule has 24 heavy (non-hydrogen) atoms. The quantitative estimate of drug-likeness (QED) is 0.182. The van der Waals surface area contributed by atoms with Gasteiger partial charge in [-0.25, -0.2) is 4.39 Å². The highest BCUT2D eigenvalue weighted by molar-refractivity contribution is 14.1. The first-order valence-electron chi connectivity index (χ1n) is 6.95. The number of benzene rings is 1. The molecule has 5 nitrogen and oxygen atoms in total. The van der Waals surface area contributed by atoms with Gasteiger partial charge in [0.15, 0.2) is 0 Å². The highest BCUT2D eigenvalue weighted by Gasteiger charge is 2.12. The average molecular weight is 504 g/mol. The predicted molar refractivity (Wildman–Crippen MR) is 107 cm³/mol. The molecule has 0 radical (unpaired) electrons. The van der Waals surface area contributed by atoms with Crippen LogP contribution in [0.3, 0.4) is 0 Å². The van der Waals surface area contributed by atoms with Crippen LogP contribution in [0.2, 0.25) is 0 Å². The highest BCUT2D eigenvalue weighted by Crippen LogP contribution is 2.25. The second-order valence-electron chi connectivity index (χ2n) is 4.59. The van der Waals surface area contributed by atoms with Crippen molar-refractivity contribution in [1.29, 1.82) is 16.1 Å². The van der Waals surface area contributed by atoms with Crippen LogP contribution in [-0.4, -0.2) is 19.0 Å². The number of rotatable bonds is 8. The van der Waals surface area contributed by atoms with Gasteiger partial charge < -0.3 is 21.5 Å². The lowest BCUT2D eigenvalue weighted by atomic mass is 10.1. The van der Waals surface area contributed by atoms with E-state index in [2.05, 4.69) is 26.6 Å². The number of hydrogen-bond donors (Lipinski definition) is 4. The summed E-state index contributed by atoms with van der Waals surface area (Å²) in [5.74, 6) is -0.349. The fourth-order valence-electron chi connectivity index (χ4n) is 1.80. The van der Waals surface area contributed by atoms with Crippen LogP contribution in [-0.2, 0) is 0 Å². The topological polar surface area (TPSA) is 95.6 Å². The normalized spacial score (nSPS) is 12.5. The second kappa shape index (κ2) is 10.2. The molecule has 0 saturated heterocycles. The number of nitriles is 1. The molecule has 0 unspecified atom stereocenters. The van der Waals surface area contributed by atoms with E-state index < -0.39 is 0 Å². The Labute approximate surface area is 162 Å². The van der Waals surface area contributed by atoms with Crippen LogP contribution in [0.1, 0.15) is 13.3 Å². The van der Waals surface area contributed by atoms with Crippen molar-refractivity contribution in [2.24, 2.45) is 0 Å². The van der Waals surface area contributed by atoms with Crippen molar-refractivity contribution in [1.82, 2.24) is 5.32 Å². The Morgan fingerprint density at radius 2 is 2.12 bits per heavy atom. The molecule has 0 bridgehead atoms. The maximum absolute atomic E-state index is 13.2. The average Bonchev–Trinajstić information content (AvgIpc) is 2.55. The van der Waals surface area contributed by atoms with Crippen molar-refractivity contribution in [2.45, 2.75) is 13.3 Å².